The van der Waals surface area contributed by atoms with Crippen LogP contribution in [0, 0.1) is 11.3 Å². The number of hydroxylamine groups is 2. The van der Waals surface area contributed by atoms with Crippen LogP contribution in [0.2, 0.25) is 0 Å². The van der Waals surface area contributed by atoms with Gasteiger partial charge in [-0.05, 0) is 37.1 Å². The highest BCUT2D eigenvalue weighted by Crippen LogP contribution is 2.40. The van der Waals surface area contributed by atoms with Crippen LogP contribution in [0.25, 0.3) is 0 Å². The summed E-state index contributed by atoms with van der Waals surface area (Å²) in [6.07, 6.45) is -2.19. The molecule has 2 atom stereocenters. The molecule has 3 heterocycles. The molecule has 1 fully saturated rings. The molecule has 1 aromatic carbocycles. The number of rotatable bonds is 16. The third-order valence-electron chi connectivity index (χ3n) is 7.71. The predicted octanol–water partition coefficient (Wildman–Crippen LogP) is -0.621. The normalized spacial score (nSPS) is 17.8. The van der Waals surface area contributed by atoms with Gasteiger partial charge in [-0.15, -0.1) is 15.6 Å². The van der Waals surface area contributed by atoms with E-state index in [1.807, 2.05) is 11.0 Å². The van der Waals surface area contributed by atoms with E-state index in [0.29, 0.717) is 56.0 Å². The summed E-state index contributed by atoms with van der Waals surface area (Å²) in [4.78, 5) is 50.9. The highest BCUT2D eigenvalue weighted by molar-refractivity contribution is 7.80. The second-order valence-corrected chi connectivity index (χ2v) is 13.3. The number of nitrogen functional groups attached to an aromatic ring is 1. The lowest BCUT2D eigenvalue weighted by molar-refractivity contribution is -0.228. The van der Waals surface area contributed by atoms with E-state index in [-0.39, 0.29) is 10.8 Å². The highest BCUT2D eigenvalue weighted by Gasteiger charge is 2.57. The summed E-state index contributed by atoms with van der Waals surface area (Å²) in [7, 11) is -5.00. The average Bonchev–Trinajstić information content (AvgIpc) is 3.64. The molecule has 1 amide bonds. The SMILES string of the molecule is CC1(C)C(CC(=O)/C(=N\OC(COc2ccc3c(c2)CN(C(=N)N(CCN)CCN)C3)C(=O)O)c2csc(N)n2)C(=O)N1OS(=O)(=O)O. The number of amides is 1. The van der Waals surface area contributed by atoms with Crippen molar-refractivity contribution < 1.29 is 46.3 Å². The van der Waals surface area contributed by atoms with Gasteiger partial charge >= 0.3 is 16.4 Å². The number of anilines is 1. The number of hydrogen-bond acceptors (Lipinski definition) is 15. The van der Waals surface area contributed by atoms with Crippen LogP contribution in [0.4, 0.5) is 5.13 Å². The Balaban J connectivity index is 1.44. The summed E-state index contributed by atoms with van der Waals surface area (Å²) in [5.74, 6) is -3.57. The molecule has 1 aromatic heterocycles. The Kier molecular flexibility index (Phi) is 11.2. The molecule has 262 valence electrons. The number of nitrogens with one attached hydrogen (secondary N) is 1. The first-order valence-corrected chi connectivity index (χ1v) is 16.8. The number of benzene rings is 1. The second-order valence-electron chi connectivity index (χ2n) is 11.4. The van der Waals surface area contributed by atoms with Crippen molar-refractivity contribution in [1.82, 2.24) is 19.8 Å². The van der Waals surface area contributed by atoms with Gasteiger partial charge in [-0.1, -0.05) is 11.2 Å². The van der Waals surface area contributed by atoms with Crippen molar-refractivity contribution >= 4 is 56.2 Å². The van der Waals surface area contributed by atoms with Gasteiger partial charge in [-0.3, -0.25) is 19.6 Å². The number of carbonyl (C=O) groups is 3. The van der Waals surface area contributed by atoms with Crippen LogP contribution in [0.5, 0.6) is 5.75 Å². The number of aliphatic carboxylic acids is 1. The third kappa shape index (κ3) is 8.35. The Morgan fingerprint density at radius 2 is 1.90 bits per heavy atom. The molecular weight excluding hydrogens is 674 g/mol. The smallest absolute Gasteiger partial charge is 0.418 e. The van der Waals surface area contributed by atoms with E-state index in [1.54, 1.807) is 17.0 Å². The Hall–Kier alpha value is -4.41. The third-order valence-corrected chi connectivity index (χ3v) is 8.72. The molecule has 4 rings (SSSR count). The first-order chi connectivity index (χ1) is 22.5. The zero-order chi connectivity index (χ0) is 35.4. The summed E-state index contributed by atoms with van der Waals surface area (Å²) in [6.45, 7) is 4.96. The fourth-order valence-corrected chi connectivity index (χ4v) is 6.17. The van der Waals surface area contributed by atoms with Crippen LogP contribution in [-0.2, 0) is 47.0 Å². The molecule has 0 saturated carbocycles. The topological polar surface area (TPSA) is 290 Å². The minimum absolute atomic E-state index is 0.0339. The number of hydrogen-bond donors (Lipinski definition) is 6. The van der Waals surface area contributed by atoms with Crippen LogP contribution >= 0.6 is 11.3 Å². The molecule has 2 unspecified atom stereocenters. The molecular formula is C27H37N9O10S2. The monoisotopic (exact) mass is 711 g/mol. The fraction of sp³-hybridized carbons (Fsp3) is 0.481. The minimum atomic E-state index is -5.00. The van der Waals surface area contributed by atoms with E-state index >= 15 is 0 Å². The van der Waals surface area contributed by atoms with E-state index in [0.717, 1.165) is 22.5 Å². The summed E-state index contributed by atoms with van der Waals surface area (Å²) >= 11 is 0.979. The lowest BCUT2D eigenvalue weighted by Gasteiger charge is -2.50. The number of carboxylic acid groups (broad SMARTS) is 1. The van der Waals surface area contributed by atoms with E-state index in [2.05, 4.69) is 14.4 Å². The zero-order valence-electron chi connectivity index (χ0n) is 26.1. The Labute approximate surface area is 279 Å². The van der Waals surface area contributed by atoms with Crippen molar-refractivity contribution in [3.63, 3.8) is 0 Å². The molecule has 0 bridgehead atoms. The van der Waals surface area contributed by atoms with Crippen molar-refractivity contribution in [2.45, 2.75) is 45.0 Å². The molecule has 0 aliphatic carbocycles. The van der Waals surface area contributed by atoms with Crippen molar-refractivity contribution in [3.05, 3.63) is 40.4 Å². The predicted molar refractivity (Wildman–Crippen MR) is 171 cm³/mol. The lowest BCUT2D eigenvalue weighted by Crippen LogP contribution is -2.68. The number of Topliss-reactive ketones (excluding diaryl/α,β-unsaturated/α-hetero) is 1. The number of aromatic nitrogens is 1. The van der Waals surface area contributed by atoms with E-state index < -0.39 is 64.4 Å². The molecule has 2 aliphatic rings. The van der Waals surface area contributed by atoms with Gasteiger partial charge in [0, 0.05) is 51.1 Å². The average molecular weight is 712 g/mol. The Morgan fingerprint density at radius 1 is 1.23 bits per heavy atom. The number of nitrogens with two attached hydrogens (primary N) is 3. The van der Waals surface area contributed by atoms with Crippen molar-refractivity contribution in [3.8, 4) is 5.75 Å². The zero-order valence-corrected chi connectivity index (χ0v) is 27.7. The van der Waals surface area contributed by atoms with Crippen LogP contribution in [-0.4, -0.2) is 112 Å². The van der Waals surface area contributed by atoms with Gasteiger partial charge in [-0.25, -0.2) is 9.78 Å². The number of carbonyl (C=O) groups excluding carboxylic acids is 2. The van der Waals surface area contributed by atoms with E-state index in [4.69, 9.17) is 36.7 Å². The van der Waals surface area contributed by atoms with Gasteiger partial charge in [0.05, 0.1) is 11.5 Å². The van der Waals surface area contributed by atoms with E-state index in [1.165, 1.54) is 19.2 Å². The molecule has 48 heavy (non-hydrogen) atoms. The molecule has 2 aliphatic heterocycles. The quantitative estimate of drug-likeness (QED) is 0.0416. The lowest BCUT2D eigenvalue weighted by atomic mass is 9.74. The number of β-lactam (4-membered cyclic amide) rings is 1. The summed E-state index contributed by atoms with van der Waals surface area (Å²) in [5, 5.41) is 24.1. The Morgan fingerprint density at radius 3 is 2.46 bits per heavy atom. The maximum Gasteiger partial charge on any atom is 0.418 e. The summed E-state index contributed by atoms with van der Waals surface area (Å²) in [6, 6.07) is 5.21. The number of nitrogens with zero attached hydrogens (tertiary/aromatic N) is 5. The maximum absolute atomic E-state index is 13.4. The maximum atomic E-state index is 13.4. The van der Waals surface area contributed by atoms with Crippen molar-refractivity contribution in [2.75, 3.05) is 38.5 Å². The number of oxime groups is 1. The molecule has 2 aromatic rings. The number of carboxylic acids is 1. The molecule has 1 saturated heterocycles. The number of guanidine groups is 1. The number of ether oxygens (including phenoxy) is 1. The molecule has 0 spiro atoms. The molecule has 19 nitrogen and oxygen atoms in total. The Bertz CT molecular complexity index is 1690. The van der Waals surface area contributed by atoms with Crippen LogP contribution in [0.1, 0.15) is 37.1 Å². The number of thiazole rings is 1. The molecule has 21 heteroatoms. The van der Waals surface area contributed by atoms with Gasteiger partial charge in [0.2, 0.25) is 0 Å². The van der Waals surface area contributed by atoms with Crippen LogP contribution < -0.4 is 21.9 Å². The summed E-state index contributed by atoms with van der Waals surface area (Å²) < 4.78 is 41.3. The number of fused-ring (bicyclic) bond motifs is 1. The van der Waals surface area contributed by atoms with Gasteiger partial charge in [0.15, 0.2) is 22.6 Å². The second kappa shape index (κ2) is 14.8. The first kappa shape index (κ1) is 36.4. The van der Waals surface area contributed by atoms with Gasteiger partial charge in [-0.2, -0.15) is 13.5 Å². The van der Waals surface area contributed by atoms with Gasteiger partial charge in [0.25, 0.3) is 12.0 Å². The fourth-order valence-electron chi connectivity index (χ4n) is 5.17. The van der Waals surface area contributed by atoms with Gasteiger partial charge < -0.3 is 41.7 Å². The summed E-state index contributed by atoms with van der Waals surface area (Å²) in [5.41, 5.74) is 17.2. The molecule has 9 N–H and O–H groups in total. The largest absolute Gasteiger partial charge is 0.489 e. The molecule has 0 radical (unpaired) electrons. The number of ketones is 1. The van der Waals surface area contributed by atoms with E-state index in [9.17, 15) is 27.9 Å². The van der Waals surface area contributed by atoms with Crippen LogP contribution in [0.3, 0.4) is 0 Å². The van der Waals surface area contributed by atoms with Crippen molar-refractivity contribution in [2.24, 2.45) is 22.5 Å². The highest BCUT2D eigenvalue weighted by atomic mass is 32.3. The standard InChI is InChI=1S/C27H37N9O10S2/c1-27(2)18(23(38)36(27)46-48(41,42)43)10-20(37)22(19-14-47-25(30)32-19)33-45-21(24(39)40)13-44-17-4-3-15-11-35(12-16(15)9-17)26(31)34(7-5-28)8-6-29/h3-4,9,14,18,21,31H,5-8,10-13,28-29H2,1-2H3,(H2,30,32)(H,39,40)(H,41,42,43)/b31-26?,33-22-. The van der Waals surface area contributed by atoms with Crippen LogP contribution in [0.15, 0.2) is 28.7 Å². The van der Waals surface area contributed by atoms with Gasteiger partial charge in [0.1, 0.15) is 18.1 Å². The minimum Gasteiger partial charge on any atom is -0.489 e. The first-order valence-electron chi connectivity index (χ1n) is 14.5. The van der Waals surface area contributed by atoms with Crippen molar-refractivity contribution in [1.29, 1.82) is 5.41 Å².